The van der Waals surface area contributed by atoms with Crippen molar-refractivity contribution in [2.45, 2.75) is 26.8 Å². The molecule has 0 aliphatic heterocycles. The Hall–Kier alpha value is -2.57. The molecule has 0 fully saturated rings. The fourth-order valence-corrected chi connectivity index (χ4v) is 1.48. The lowest BCUT2D eigenvalue weighted by Crippen LogP contribution is -2.43. The van der Waals surface area contributed by atoms with Crippen LogP contribution < -0.4 is 21.7 Å². The largest absolute Gasteiger partial charge is 0.374 e. The van der Waals surface area contributed by atoms with Gasteiger partial charge in [0, 0.05) is 17.3 Å². The number of carbonyl (C=O) groups is 3. The summed E-state index contributed by atoms with van der Waals surface area (Å²) in [6.45, 7) is 5.22. The van der Waals surface area contributed by atoms with E-state index in [9.17, 15) is 14.4 Å². The summed E-state index contributed by atoms with van der Waals surface area (Å²) in [6.07, 6.45) is 0. The summed E-state index contributed by atoms with van der Waals surface area (Å²) in [7, 11) is 0. The summed E-state index contributed by atoms with van der Waals surface area (Å²) in [4.78, 5) is 33.6. The molecule has 0 saturated heterocycles. The maximum absolute atomic E-state index is 11.5. The third-order valence-corrected chi connectivity index (χ3v) is 2.70. The highest BCUT2D eigenvalue weighted by Gasteiger charge is 2.14. The van der Waals surface area contributed by atoms with Crippen molar-refractivity contribution in [2.24, 2.45) is 11.7 Å². The molecule has 1 atom stereocenters. The second-order valence-electron chi connectivity index (χ2n) is 4.94. The average molecular weight is 292 g/mol. The fourth-order valence-electron chi connectivity index (χ4n) is 1.48. The van der Waals surface area contributed by atoms with Gasteiger partial charge in [-0.15, -0.1) is 0 Å². The molecule has 21 heavy (non-hydrogen) atoms. The Bertz CT molecular complexity index is 526. The lowest BCUT2D eigenvalue weighted by atomic mass is 10.2. The van der Waals surface area contributed by atoms with Crippen LogP contribution in [0.3, 0.4) is 0 Å². The average Bonchev–Trinajstić information content (AvgIpc) is 2.39. The standard InChI is InChI=1S/C14H20N4O3/c1-8(2)12(19)17-11-6-4-10(5-7-11)16-9(3)13(20)18-14(15)21/h4-9,16H,1-3H3,(H,17,19)(H3,15,18,20,21). The third kappa shape index (κ3) is 5.52. The highest BCUT2D eigenvalue weighted by Crippen LogP contribution is 2.15. The summed E-state index contributed by atoms with van der Waals surface area (Å²) in [5, 5.41) is 7.67. The maximum Gasteiger partial charge on any atom is 0.318 e. The summed E-state index contributed by atoms with van der Waals surface area (Å²) in [6, 6.07) is 5.39. The molecule has 1 unspecified atom stereocenters. The van der Waals surface area contributed by atoms with Crippen LogP contribution in [-0.2, 0) is 9.59 Å². The molecule has 0 aromatic heterocycles. The molecule has 1 rings (SSSR count). The van der Waals surface area contributed by atoms with E-state index in [1.54, 1.807) is 31.2 Å². The number of nitrogens with two attached hydrogens (primary N) is 1. The van der Waals surface area contributed by atoms with Gasteiger partial charge >= 0.3 is 6.03 Å². The van der Waals surface area contributed by atoms with Crippen molar-refractivity contribution in [3.63, 3.8) is 0 Å². The lowest BCUT2D eigenvalue weighted by molar-refractivity contribution is -0.120. The molecule has 7 heteroatoms. The van der Waals surface area contributed by atoms with E-state index >= 15 is 0 Å². The molecule has 0 saturated carbocycles. The van der Waals surface area contributed by atoms with E-state index in [-0.39, 0.29) is 11.8 Å². The molecule has 1 aromatic rings. The van der Waals surface area contributed by atoms with Crippen molar-refractivity contribution in [3.8, 4) is 0 Å². The zero-order valence-electron chi connectivity index (χ0n) is 12.3. The number of primary amides is 1. The van der Waals surface area contributed by atoms with Gasteiger partial charge in [-0.1, -0.05) is 13.8 Å². The number of anilines is 2. The summed E-state index contributed by atoms with van der Waals surface area (Å²) in [5.41, 5.74) is 6.24. The van der Waals surface area contributed by atoms with Crippen LogP contribution in [0.2, 0.25) is 0 Å². The van der Waals surface area contributed by atoms with Crippen molar-refractivity contribution in [2.75, 3.05) is 10.6 Å². The molecular weight excluding hydrogens is 272 g/mol. The van der Waals surface area contributed by atoms with E-state index < -0.39 is 18.0 Å². The van der Waals surface area contributed by atoms with Gasteiger partial charge in [0.1, 0.15) is 6.04 Å². The van der Waals surface area contributed by atoms with E-state index in [1.807, 2.05) is 19.2 Å². The first-order chi connectivity index (χ1) is 9.79. The molecule has 0 radical (unpaired) electrons. The molecule has 7 nitrogen and oxygen atoms in total. The Balaban J connectivity index is 2.60. The zero-order chi connectivity index (χ0) is 16.0. The molecule has 1 aromatic carbocycles. The van der Waals surface area contributed by atoms with Gasteiger partial charge in [-0.2, -0.15) is 0 Å². The van der Waals surface area contributed by atoms with Crippen LogP contribution in [0.1, 0.15) is 20.8 Å². The van der Waals surface area contributed by atoms with Gasteiger partial charge in [-0.25, -0.2) is 4.79 Å². The minimum absolute atomic E-state index is 0.0649. The number of urea groups is 1. The first-order valence-corrected chi connectivity index (χ1v) is 6.57. The minimum Gasteiger partial charge on any atom is -0.374 e. The first-order valence-electron chi connectivity index (χ1n) is 6.57. The number of carbonyl (C=O) groups excluding carboxylic acids is 3. The van der Waals surface area contributed by atoms with Crippen molar-refractivity contribution >= 4 is 29.2 Å². The molecule has 0 heterocycles. The summed E-state index contributed by atoms with van der Waals surface area (Å²) in [5.74, 6) is -0.676. The molecule has 0 bridgehead atoms. The van der Waals surface area contributed by atoms with Gasteiger partial charge in [0.2, 0.25) is 11.8 Å². The molecule has 5 N–H and O–H groups in total. The Morgan fingerprint density at radius 3 is 1.95 bits per heavy atom. The number of amides is 4. The molecule has 114 valence electrons. The molecular formula is C14H20N4O3. The van der Waals surface area contributed by atoms with E-state index in [2.05, 4.69) is 10.6 Å². The maximum atomic E-state index is 11.5. The van der Waals surface area contributed by atoms with Gasteiger partial charge in [0.25, 0.3) is 0 Å². The van der Waals surface area contributed by atoms with E-state index in [0.29, 0.717) is 11.4 Å². The molecule has 4 amide bonds. The lowest BCUT2D eigenvalue weighted by Gasteiger charge is -2.14. The van der Waals surface area contributed by atoms with Gasteiger partial charge in [0.05, 0.1) is 0 Å². The van der Waals surface area contributed by atoms with Gasteiger partial charge in [0.15, 0.2) is 0 Å². The van der Waals surface area contributed by atoms with Crippen LogP contribution in [0.5, 0.6) is 0 Å². The number of hydrogen-bond acceptors (Lipinski definition) is 4. The quantitative estimate of drug-likeness (QED) is 0.654. The number of imide groups is 1. The molecule has 0 aliphatic carbocycles. The topological polar surface area (TPSA) is 113 Å². The van der Waals surface area contributed by atoms with Gasteiger partial charge in [-0.05, 0) is 31.2 Å². The van der Waals surface area contributed by atoms with Crippen molar-refractivity contribution < 1.29 is 14.4 Å². The first kappa shape index (κ1) is 16.5. The third-order valence-electron chi connectivity index (χ3n) is 2.70. The summed E-state index contributed by atoms with van der Waals surface area (Å²) >= 11 is 0. The smallest absolute Gasteiger partial charge is 0.318 e. The predicted octanol–water partition coefficient (Wildman–Crippen LogP) is 1.28. The van der Waals surface area contributed by atoms with Crippen LogP contribution in [0.4, 0.5) is 16.2 Å². The van der Waals surface area contributed by atoms with Gasteiger partial charge in [-0.3, -0.25) is 14.9 Å². The highest BCUT2D eigenvalue weighted by molar-refractivity contribution is 5.97. The minimum atomic E-state index is -0.889. The van der Waals surface area contributed by atoms with Crippen LogP contribution in [0.15, 0.2) is 24.3 Å². The monoisotopic (exact) mass is 292 g/mol. The van der Waals surface area contributed by atoms with Crippen LogP contribution >= 0.6 is 0 Å². The van der Waals surface area contributed by atoms with E-state index in [0.717, 1.165) is 0 Å². The normalized spacial score (nSPS) is 11.6. The SMILES string of the molecule is CC(C)C(=O)Nc1ccc(NC(C)C(=O)NC(N)=O)cc1. The number of benzene rings is 1. The Kier molecular flexibility index (Phi) is 5.71. The highest BCUT2D eigenvalue weighted by atomic mass is 16.2. The summed E-state index contributed by atoms with van der Waals surface area (Å²) < 4.78 is 0. The Morgan fingerprint density at radius 2 is 1.48 bits per heavy atom. The van der Waals surface area contributed by atoms with Crippen LogP contribution in [0, 0.1) is 5.92 Å². The Morgan fingerprint density at radius 1 is 0.952 bits per heavy atom. The van der Waals surface area contributed by atoms with Crippen molar-refractivity contribution in [1.29, 1.82) is 0 Å². The predicted molar refractivity (Wildman–Crippen MR) is 80.7 cm³/mol. The zero-order valence-corrected chi connectivity index (χ0v) is 12.3. The number of nitrogens with one attached hydrogen (secondary N) is 3. The fraction of sp³-hybridized carbons (Fsp3) is 0.357. The van der Waals surface area contributed by atoms with E-state index in [1.165, 1.54) is 0 Å². The van der Waals surface area contributed by atoms with Crippen LogP contribution in [0.25, 0.3) is 0 Å². The number of rotatable bonds is 5. The second kappa shape index (κ2) is 7.28. The molecule has 0 aliphatic rings. The van der Waals surface area contributed by atoms with E-state index in [4.69, 9.17) is 5.73 Å². The van der Waals surface area contributed by atoms with Gasteiger partial charge < -0.3 is 16.4 Å². The Labute approximate surface area is 123 Å². The van der Waals surface area contributed by atoms with Crippen molar-refractivity contribution in [3.05, 3.63) is 24.3 Å². The van der Waals surface area contributed by atoms with Crippen molar-refractivity contribution in [1.82, 2.24) is 5.32 Å². The van der Waals surface area contributed by atoms with Crippen LogP contribution in [-0.4, -0.2) is 23.9 Å². The molecule has 0 spiro atoms. The number of hydrogen-bond donors (Lipinski definition) is 4. The second-order valence-corrected chi connectivity index (χ2v) is 4.94.